The van der Waals surface area contributed by atoms with Crippen molar-refractivity contribution in [2.45, 2.75) is 50.3 Å². The van der Waals surface area contributed by atoms with Crippen molar-refractivity contribution >= 4 is 18.0 Å². The van der Waals surface area contributed by atoms with Crippen molar-refractivity contribution < 1.29 is 29.0 Å². The van der Waals surface area contributed by atoms with E-state index in [0.717, 1.165) is 22.3 Å². The van der Waals surface area contributed by atoms with Gasteiger partial charge in [-0.2, -0.15) is 0 Å². The number of amides is 2. The number of carbonyl (C=O) groups is 3. The number of nitrogens with zero attached hydrogens (tertiary/aromatic N) is 1. The Labute approximate surface area is 198 Å². The maximum atomic E-state index is 13.1. The third kappa shape index (κ3) is 5.07. The van der Waals surface area contributed by atoms with Gasteiger partial charge < -0.3 is 24.8 Å². The second-order valence-electron chi connectivity index (χ2n) is 8.94. The van der Waals surface area contributed by atoms with Gasteiger partial charge in [0.2, 0.25) is 5.91 Å². The van der Waals surface area contributed by atoms with Crippen molar-refractivity contribution in [3.63, 3.8) is 0 Å². The normalized spacial score (nSPS) is 19.7. The molecule has 2 aromatic carbocycles. The number of likely N-dealkylation sites (N-methyl/N-ethyl adjacent to an activating group) is 1. The third-order valence-corrected chi connectivity index (χ3v) is 6.65. The van der Waals surface area contributed by atoms with Gasteiger partial charge in [-0.1, -0.05) is 48.5 Å². The molecule has 4 rings (SSSR count). The van der Waals surface area contributed by atoms with E-state index in [1.54, 1.807) is 11.9 Å². The number of fused-ring (bicyclic) bond motifs is 3. The lowest BCUT2D eigenvalue weighted by atomic mass is 9.98. The van der Waals surface area contributed by atoms with Crippen molar-refractivity contribution in [2.24, 2.45) is 0 Å². The standard InChI is InChI=1S/C26H30N2O6/c1-16-13-17(14-33-16)28(2)25(31)23(11-12-24(29)30)27-26(32)34-15-22-20-9-5-3-7-18(20)19-8-4-6-10-21(19)22/h3-10,16-17,22-23H,11-15H2,1-2H3,(H,27,32)(H,29,30). The molecule has 1 saturated heterocycles. The highest BCUT2D eigenvalue weighted by atomic mass is 16.5. The number of ether oxygens (including phenoxy) is 2. The Balaban J connectivity index is 1.42. The fourth-order valence-corrected chi connectivity index (χ4v) is 4.80. The molecule has 0 bridgehead atoms. The van der Waals surface area contributed by atoms with Crippen molar-refractivity contribution in [2.75, 3.05) is 20.3 Å². The Morgan fingerprint density at radius 2 is 1.74 bits per heavy atom. The number of carbonyl (C=O) groups excluding carboxylic acids is 2. The minimum Gasteiger partial charge on any atom is -0.481 e. The number of aliphatic carboxylic acids is 1. The summed E-state index contributed by atoms with van der Waals surface area (Å²) in [7, 11) is 1.65. The first kappa shape index (κ1) is 23.8. The lowest BCUT2D eigenvalue weighted by Gasteiger charge is -2.28. The van der Waals surface area contributed by atoms with Crippen LogP contribution in [0.4, 0.5) is 4.79 Å². The number of alkyl carbamates (subject to hydrolysis) is 1. The molecule has 1 aliphatic heterocycles. The van der Waals surface area contributed by atoms with E-state index < -0.39 is 18.1 Å². The van der Waals surface area contributed by atoms with Crippen LogP contribution in [0, 0.1) is 0 Å². The lowest BCUT2D eigenvalue weighted by molar-refractivity contribution is -0.138. The first-order valence-corrected chi connectivity index (χ1v) is 11.6. The molecule has 1 aliphatic carbocycles. The van der Waals surface area contributed by atoms with Crippen molar-refractivity contribution in [3.8, 4) is 11.1 Å². The van der Waals surface area contributed by atoms with Gasteiger partial charge in [-0.15, -0.1) is 0 Å². The minimum absolute atomic E-state index is 0.0220. The monoisotopic (exact) mass is 466 g/mol. The highest BCUT2D eigenvalue weighted by Gasteiger charge is 2.34. The van der Waals surface area contributed by atoms with Crippen LogP contribution >= 0.6 is 0 Å². The van der Waals surface area contributed by atoms with E-state index in [-0.39, 0.29) is 43.4 Å². The quantitative estimate of drug-likeness (QED) is 0.618. The van der Waals surface area contributed by atoms with Gasteiger partial charge in [0.15, 0.2) is 0 Å². The highest BCUT2D eigenvalue weighted by molar-refractivity contribution is 5.86. The topological polar surface area (TPSA) is 105 Å². The molecule has 2 N–H and O–H groups in total. The van der Waals surface area contributed by atoms with Gasteiger partial charge in [0.1, 0.15) is 12.6 Å². The van der Waals surface area contributed by atoms with Gasteiger partial charge >= 0.3 is 12.1 Å². The molecule has 3 unspecified atom stereocenters. The molecule has 0 radical (unpaired) electrons. The van der Waals surface area contributed by atoms with Crippen LogP contribution in [0.3, 0.4) is 0 Å². The van der Waals surface area contributed by atoms with Crippen molar-refractivity contribution in [3.05, 3.63) is 59.7 Å². The summed E-state index contributed by atoms with van der Waals surface area (Å²) in [6.07, 6.45) is -0.265. The summed E-state index contributed by atoms with van der Waals surface area (Å²) in [4.78, 5) is 38.5. The van der Waals surface area contributed by atoms with Crippen LogP contribution in [-0.4, -0.2) is 66.4 Å². The summed E-state index contributed by atoms with van der Waals surface area (Å²) in [5.74, 6) is -1.49. The van der Waals surface area contributed by atoms with E-state index in [9.17, 15) is 14.4 Å². The Morgan fingerprint density at radius 1 is 1.12 bits per heavy atom. The van der Waals surface area contributed by atoms with E-state index in [1.165, 1.54) is 0 Å². The molecule has 2 aromatic rings. The lowest BCUT2D eigenvalue weighted by Crippen LogP contribution is -2.51. The molecule has 1 fully saturated rings. The molecule has 34 heavy (non-hydrogen) atoms. The molecular weight excluding hydrogens is 436 g/mol. The second-order valence-corrected chi connectivity index (χ2v) is 8.94. The molecule has 2 aliphatic rings. The molecule has 8 nitrogen and oxygen atoms in total. The van der Waals surface area contributed by atoms with Crippen molar-refractivity contribution in [1.82, 2.24) is 10.2 Å². The summed E-state index contributed by atoms with van der Waals surface area (Å²) in [6.45, 7) is 2.47. The molecular formula is C26H30N2O6. The molecule has 0 aromatic heterocycles. The van der Waals surface area contributed by atoms with E-state index in [0.29, 0.717) is 13.0 Å². The number of rotatable bonds is 8. The van der Waals surface area contributed by atoms with Gasteiger partial charge in [-0.05, 0) is 42.0 Å². The van der Waals surface area contributed by atoms with Gasteiger partial charge in [0, 0.05) is 19.4 Å². The zero-order chi connectivity index (χ0) is 24.2. The maximum Gasteiger partial charge on any atom is 0.407 e. The Hall–Kier alpha value is -3.39. The van der Waals surface area contributed by atoms with Gasteiger partial charge in [0.05, 0.1) is 18.8 Å². The Kier molecular flexibility index (Phi) is 7.17. The van der Waals surface area contributed by atoms with Crippen LogP contribution in [0.1, 0.15) is 43.2 Å². The second kappa shape index (κ2) is 10.3. The SMILES string of the molecule is CC1CC(N(C)C(=O)C(CCC(=O)O)NC(=O)OCC2c3ccccc3-c3ccccc32)CO1. The summed E-state index contributed by atoms with van der Waals surface area (Å²) >= 11 is 0. The van der Waals surface area contributed by atoms with Crippen LogP contribution in [0.25, 0.3) is 11.1 Å². The number of carboxylic acids is 1. The fourth-order valence-electron chi connectivity index (χ4n) is 4.80. The van der Waals surface area contributed by atoms with E-state index in [4.69, 9.17) is 14.6 Å². The predicted molar refractivity (Wildman–Crippen MR) is 125 cm³/mol. The zero-order valence-corrected chi connectivity index (χ0v) is 19.4. The third-order valence-electron chi connectivity index (χ3n) is 6.65. The van der Waals surface area contributed by atoms with Crippen molar-refractivity contribution in [1.29, 1.82) is 0 Å². The summed E-state index contributed by atoms with van der Waals surface area (Å²) in [5, 5.41) is 11.7. The maximum absolute atomic E-state index is 13.1. The number of carboxylic acid groups (broad SMARTS) is 1. The smallest absolute Gasteiger partial charge is 0.407 e. The highest BCUT2D eigenvalue weighted by Crippen LogP contribution is 2.44. The van der Waals surface area contributed by atoms with E-state index >= 15 is 0 Å². The van der Waals surface area contributed by atoms with E-state index in [2.05, 4.69) is 17.4 Å². The minimum atomic E-state index is -1.03. The fraction of sp³-hybridized carbons (Fsp3) is 0.423. The summed E-state index contributed by atoms with van der Waals surface area (Å²) < 4.78 is 11.1. The molecule has 0 spiro atoms. The summed E-state index contributed by atoms with van der Waals surface area (Å²) in [5.41, 5.74) is 4.42. The molecule has 3 atom stereocenters. The Morgan fingerprint density at radius 3 is 2.29 bits per heavy atom. The molecule has 0 saturated carbocycles. The van der Waals surface area contributed by atoms with Crippen LogP contribution in [-0.2, 0) is 19.1 Å². The van der Waals surface area contributed by atoms with Crippen LogP contribution in [0.5, 0.6) is 0 Å². The van der Waals surface area contributed by atoms with Crippen LogP contribution in [0.2, 0.25) is 0 Å². The average molecular weight is 467 g/mol. The number of hydrogen-bond acceptors (Lipinski definition) is 5. The first-order chi connectivity index (χ1) is 16.3. The molecule has 8 heteroatoms. The first-order valence-electron chi connectivity index (χ1n) is 11.6. The molecule has 2 amide bonds. The van der Waals surface area contributed by atoms with Gasteiger partial charge in [-0.25, -0.2) is 4.79 Å². The van der Waals surface area contributed by atoms with E-state index in [1.807, 2.05) is 43.3 Å². The zero-order valence-electron chi connectivity index (χ0n) is 19.4. The average Bonchev–Trinajstić information content (AvgIpc) is 3.40. The molecule has 180 valence electrons. The van der Waals surface area contributed by atoms with Gasteiger partial charge in [0.25, 0.3) is 0 Å². The number of hydrogen-bond donors (Lipinski definition) is 2. The molecule has 1 heterocycles. The number of benzene rings is 2. The predicted octanol–water partition coefficient (Wildman–Crippen LogP) is 3.39. The number of nitrogens with one attached hydrogen (secondary N) is 1. The largest absolute Gasteiger partial charge is 0.481 e. The van der Waals surface area contributed by atoms with Crippen LogP contribution < -0.4 is 5.32 Å². The van der Waals surface area contributed by atoms with Crippen LogP contribution in [0.15, 0.2) is 48.5 Å². The Bertz CT molecular complexity index is 1030. The summed E-state index contributed by atoms with van der Waals surface area (Å²) in [6, 6.07) is 14.9. The van der Waals surface area contributed by atoms with Gasteiger partial charge in [-0.3, -0.25) is 9.59 Å².